The second-order valence-electron chi connectivity index (χ2n) is 5.34. The molecule has 0 bridgehead atoms. The Morgan fingerprint density at radius 3 is 2.61 bits per heavy atom. The first-order chi connectivity index (χ1) is 8.42. The number of ether oxygens (including phenoxy) is 1. The highest BCUT2D eigenvalue weighted by atomic mass is 16.5. The molecule has 0 aliphatic rings. The Labute approximate surface area is 110 Å². The van der Waals surface area contributed by atoms with E-state index in [1.807, 2.05) is 4.68 Å². The van der Waals surface area contributed by atoms with Gasteiger partial charge in [-0.2, -0.15) is 5.10 Å². The highest BCUT2D eigenvalue weighted by molar-refractivity contribution is 4.97. The van der Waals surface area contributed by atoms with Crippen LogP contribution in [0, 0.1) is 0 Å². The topological polar surface area (TPSA) is 52.0 Å². The van der Waals surface area contributed by atoms with Gasteiger partial charge in [-0.25, -0.2) is 9.67 Å². The van der Waals surface area contributed by atoms with Crippen LogP contribution in [0.2, 0.25) is 0 Å². The molecule has 1 aromatic rings. The first kappa shape index (κ1) is 15.1. The standard InChI is InChI=1S/C13H26N4O/c1-7-14-11(13(4,5)18-6)8-12-15-9-16-17(12)10(2)3/h9-11,14H,7-8H2,1-6H3. The molecular weight excluding hydrogens is 228 g/mol. The van der Waals surface area contributed by atoms with Gasteiger partial charge >= 0.3 is 0 Å². The summed E-state index contributed by atoms with van der Waals surface area (Å²) in [6, 6.07) is 0.546. The highest BCUT2D eigenvalue weighted by Gasteiger charge is 2.30. The Morgan fingerprint density at radius 2 is 2.11 bits per heavy atom. The molecule has 1 unspecified atom stereocenters. The van der Waals surface area contributed by atoms with Crippen molar-refractivity contribution < 1.29 is 4.74 Å². The predicted octanol–water partition coefficient (Wildman–Crippen LogP) is 1.80. The van der Waals surface area contributed by atoms with Crippen LogP contribution >= 0.6 is 0 Å². The van der Waals surface area contributed by atoms with E-state index in [4.69, 9.17) is 4.74 Å². The zero-order chi connectivity index (χ0) is 13.8. The number of methoxy groups -OCH3 is 1. The van der Waals surface area contributed by atoms with Crippen molar-refractivity contribution >= 4 is 0 Å². The summed E-state index contributed by atoms with van der Waals surface area (Å²) in [5.74, 6) is 1.00. The molecule has 0 amide bonds. The monoisotopic (exact) mass is 254 g/mol. The van der Waals surface area contributed by atoms with Crippen molar-refractivity contribution in [2.24, 2.45) is 0 Å². The summed E-state index contributed by atoms with van der Waals surface area (Å²) >= 11 is 0. The van der Waals surface area contributed by atoms with Crippen molar-refractivity contribution in [2.75, 3.05) is 13.7 Å². The molecule has 1 atom stereocenters. The van der Waals surface area contributed by atoms with E-state index in [1.54, 1.807) is 13.4 Å². The fourth-order valence-electron chi connectivity index (χ4n) is 1.99. The van der Waals surface area contributed by atoms with Crippen LogP contribution < -0.4 is 5.32 Å². The first-order valence-electron chi connectivity index (χ1n) is 6.59. The smallest absolute Gasteiger partial charge is 0.138 e. The van der Waals surface area contributed by atoms with Crippen LogP contribution in [0.4, 0.5) is 0 Å². The quantitative estimate of drug-likeness (QED) is 0.806. The molecular formula is C13H26N4O. The number of likely N-dealkylation sites (N-methyl/N-ethyl adjacent to an activating group) is 1. The van der Waals surface area contributed by atoms with Gasteiger partial charge in [0.1, 0.15) is 12.2 Å². The molecule has 1 rings (SSSR count). The maximum absolute atomic E-state index is 5.58. The summed E-state index contributed by atoms with van der Waals surface area (Å²) in [6.45, 7) is 11.4. The minimum atomic E-state index is -0.232. The van der Waals surface area contributed by atoms with Gasteiger partial charge in [0.05, 0.1) is 5.60 Å². The second-order valence-corrected chi connectivity index (χ2v) is 5.34. The zero-order valence-corrected chi connectivity index (χ0v) is 12.4. The van der Waals surface area contributed by atoms with Crippen molar-refractivity contribution in [3.63, 3.8) is 0 Å². The Morgan fingerprint density at radius 1 is 1.44 bits per heavy atom. The number of aromatic nitrogens is 3. The molecule has 0 spiro atoms. The Hall–Kier alpha value is -0.940. The minimum absolute atomic E-state index is 0.217. The van der Waals surface area contributed by atoms with Crippen LogP contribution in [0.15, 0.2) is 6.33 Å². The van der Waals surface area contributed by atoms with Crippen LogP contribution in [-0.2, 0) is 11.2 Å². The average molecular weight is 254 g/mol. The van der Waals surface area contributed by atoms with Gasteiger partial charge in [0, 0.05) is 25.6 Å². The second kappa shape index (κ2) is 6.29. The van der Waals surface area contributed by atoms with Crippen LogP contribution in [0.1, 0.15) is 46.5 Å². The maximum atomic E-state index is 5.58. The van der Waals surface area contributed by atoms with E-state index < -0.39 is 0 Å². The van der Waals surface area contributed by atoms with Gasteiger partial charge in [0.2, 0.25) is 0 Å². The molecule has 1 N–H and O–H groups in total. The SMILES string of the molecule is CCNC(Cc1ncnn1C(C)C)C(C)(C)OC. The highest BCUT2D eigenvalue weighted by Crippen LogP contribution is 2.18. The van der Waals surface area contributed by atoms with E-state index in [0.717, 1.165) is 18.8 Å². The van der Waals surface area contributed by atoms with Crippen molar-refractivity contribution in [1.29, 1.82) is 0 Å². The van der Waals surface area contributed by atoms with Crippen molar-refractivity contribution in [3.8, 4) is 0 Å². The van der Waals surface area contributed by atoms with Gasteiger partial charge < -0.3 is 10.1 Å². The van der Waals surface area contributed by atoms with Gasteiger partial charge in [-0.3, -0.25) is 0 Å². The molecule has 0 aromatic carbocycles. The lowest BCUT2D eigenvalue weighted by atomic mass is 9.95. The summed E-state index contributed by atoms with van der Waals surface area (Å²) in [4.78, 5) is 4.36. The number of nitrogens with zero attached hydrogens (tertiary/aromatic N) is 3. The first-order valence-corrected chi connectivity index (χ1v) is 6.59. The lowest BCUT2D eigenvalue weighted by Gasteiger charge is -2.33. The van der Waals surface area contributed by atoms with E-state index in [9.17, 15) is 0 Å². The largest absolute Gasteiger partial charge is 0.377 e. The molecule has 0 aliphatic heterocycles. The Kier molecular flexibility index (Phi) is 5.28. The predicted molar refractivity (Wildman–Crippen MR) is 72.7 cm³/mol. The van der Waals surface area contributed by atoms with Crippen molar-refractivity contribution in [2.45, 2.75) is 58.7 Å². The van der Waals surface area contributed by atoms with Gasteiger partial charge in [-0.1, -0.05) is 6.92 Å². The number of rotatable bonds is 7. The third-order valence-corrected chi connectivity index (χ3v) is 3.34. The molecule has 0 saturated heterocycles. The van der Waals surface area contributed by atoms with E-state index in [0.29, 0.717) is 6.04 Å². The molecule has 0 radical (unpaired) electrons. The minimum Gasteiger partial charge on any atom is -0.377 e. The average Bonchev–Trinajstić information content (AvgIpc) is 2.76. The number of nitrogens with one attached hydrogen (secondary N) is 1. The molecule has 0 saturated carbocycles. The molecule has 1 heterocycles. The van der Waals surface area contributed by atoms with E-state index >= 15 is 0 Å². The van der Waals surface area contributed by atoms with Crippen LogP contribution in [0.25, 0.3) is 0 Å². The number of hydrogen-bond acceptors (Lipinski definition) is 4. The van der Waals surface area contributed by atoms with Gasteiger partial charge in [0.15, 0.2) is 0 Å². The molecule has 104 valence electrons. The van der Waals surface area contributed by atoms with Crippen LogP contribution in [0.5, 0.6) is 0 Å². The molecule has 0 aliphatic carbocycles. The third-order valence-electron chi connectivity index (χ3n) is 3.34. The fourth-order valence-corrected chi connectivity index (χ4v) is 1.99. The van der Waals surface area contributed by atoms with Crippen molar-refractivity contribution in [1.82, 2.24) is 20.1 Å². The fraction of sp³-hybridized carbons (Fsp3) is 0.846. The van der Waals surface area contributed by atoms with Gasteiger partial charge in [-0.05, 0) is 34.2 Å². The summed E-state index contributed by atoms with van der Waals surface area (Å²) in [5, 5.41) is 7.75. The summed E-state index contributed by atoms with van der Waals surface area (Å²) in [7, 11) is 1.75. The lowest BCUT2D eigenvalue weighted by molar-refractivity contribution is -0.0104. The lowest BCUT2D eigenvalue weighted by Crippen LogP contribution is -2.49. The molecule has 0 fully saturated rings. The van der Waals surface area contributed by atoms with E-state index in [1.165, 1.54) is 0 Å². The summed E-state index contributed by atoms with van der Waals surface area (Å²) < 4.78 is 7.55. The summed E-state index contributed by atoms with van der Waals surface area (Å²) in [6.07, 6.45) is 2.44. The Balaban J connectivity index is 2.86. The summed E-state index contributed by atoms with van der Waals surface area (Å²) in [5.41, 5.74) is -0.232. The maximum Gasteiger partial charge on any atom is 0.138 e. The molecule has 1 aromatic heterocycles. The normalized spacial score (nSPS) is 14.2. The number of hydrogen-bond donors (Lipinski definition) is 1. The van der Waals surface area contributed by atoms with Crippen LogP contribution in [0.3, 0.4) is 0 Å². The van der Waals surface area contributed by atoms with E-state index in [-0.39, 0.29) is 11.6 Å². The molecule has 5 heteroatoms. The molecule has 5 nitrogen and oxygen atoms in total. The third kappa shape index (κ3) is 3.53. The van der Waals surface area contributed by atoms with Crippen molar-refractivity contribution in [3.05, 3.63) is 12.2 Å². The zero-order valence-electron chi connectivity index (χ0n) is 12.4. The Bertz CT molecular complexity index is 360. The molecule has 18 heavy (non-hydrogen) atoms. The van der Waals surface area contributed by atoms with Gasteiger partial charge in [-0.15, -0.1) is 0 Å². The van der Waals surface area contributed by atoms with E-state index in [2.05, 4.69) is 50.0 Å². The van der Waals surface area contributed by atoms with Crippen LogP contribution in [-0.4, -0.2) is 40.1 Å². The van der Waals surface area contributed by atoms with Gasteiger partial charge in [0.25, 0.3) is 0 Å².